The third-order valence-corrected chi connectivity index (χ3v) is 6.28. The van der Waals surface area contributed by atoms with E-state index in [1.165, 1.54) is 10.5 Å². The van der Waals surface area contributed by atoms with Gasteiger partial charge < -0.3 is 0 Å². The second-order valence-electron chi connectivity index (χ2n) is 7.60. The van der Waals surface area contributed by atoms with Crippen molar-refractivity contribution in [3.05, 3.63) is 52.2 Å². The van der Waals surface area contributed by atoms with Crippen molar-refractivity contribution < 1.29 is 9.59 Å². The van der Waals surface area contributed by atoms with Gasteiger partial charge in [0.05, 0.1) is 6.67 Å². The van der Waals surface area contributed by atoms with Crippen molar-refractivity contribution >= 4 is 29.0 Å². The minimum atomic E-state index is -0.463. The van der Waals surface area contributed by atoms with Gasteiger partial charge in [0.1, 0.15) is 6.04 Å². The van der Waals surface area contributed by atoms with Crippen LogP contribution < -0.4 is 4.90 Å². The van der Waals surface area contributed by atoms with Crippen LogP contribution in [0.2, 0.25) is 0 Å². The smallest absolute Gasteiger partial charge is 0.297 e. The Labute approximate surface area is 169 Å². The summed E-state index contributed by atoms with van der Waals surface area (Å²) in [4.78, 5) is 33.3. The molecule has 1 aromatic carbocycles. The first-order valence-corrected chi connectivity index (χ1v) is 10.6. The lowest BCUT2D eigenvalue weighted by Gasteiger charge is -2.35. The molecule has 3 heterocycles. The van der Waals surface area contributed by atoms with E-state index in [4.69, 9.17) is 0 Å². The summed E-state index contributed by atoms with van der Waals surface area (Å²) in [5.41, 5.74) is 3.26. The Bertz CT molecular complexity index is 829. The Balaban J connectivity index is 1.36. The van der Waals surface area contributed by atoms with Gasteiger partial charge in [-0.2, -0.15) is 11.3 Å². The van der Waals surface area contributed by atoms with Gasteiger partial charge in [0.2, 0.25) is 0 Å². The van der Waals surface area contributed by atoms with Crippen LogP contribution in [0.15, 0.2) is 41.1 Å². The Kier molecular flexibility index (Phi) is 5.48. The van der Waals surface area contributed by atoms with Gasteiger partial charge in [-0.05, 0) is 48.4 Å². The zero-order valence-electron chi connectivity index (χ0n) is 16.4. The molecule has 2 saturated heterocycles. The maximum atomic E-state index is 13.0. The maximum Gasteiger partial charge on any atom is 0.333 e. The number of hydrogen-bond donors (Lipinski definition) is 0. The number of aryl methyl sites for hydroxylation is 1. The maximum absolute atomic E-state index is 13.0. The molecule has 2 aromatic rings. The molecule has 0 N–H and O–H groups in total. The van der Waals surface area contributed by atoms with E-state index >= 15 is 0 Å². The summed E-state index contributed by atoms with van der Waals surface area (Å²) in [6.45, 7) is 8.77. The van der Waals surface area contributed by atoms with Gasteiger partial charge >= 0.3 is 6.03 Å². The first-order chi connectivity index (χ1) is 13.5. The molecule has 4 rings (SSSR count). The number of nitrogens with zero attached hydrogens (tertiary/aromatic N) is 4. The van der Waals surface area contributed by atoms with Gasteiger partial charge in [0, 0.05) is 38.4 Å². The minimum Gasteiger partial charge on any atom is -0.297 e. The first-order valence-electron chi connectivity index (χ1n) is 9.70. The van der Waals surface area contributed by atoms with Gasteiger partial charge in [0.25, 0.3) is 5.91 Å². The van der Waals surface area contributed by atoms with Crippen molar-refractivity contribution in [2.75, 3.05) is 37.7 Å². The second kappa shape index (κ2) is 8.03. The number of piperazine rings is 1. The minimum absolute atomic E-state index is 0.119. The summed E-state index contributed by atoms with van der Waals surface area (Å²) >= 11 is 1.73. The fourth-order valence-electron chi connectivity index (χ4n) is 3.83. The van der Waals surface area contributed by atoms with Crippen molar-refractivity contribution in [1.82, 2.24) is 14.7 Å². The number of thiophene rings is 1. The molecule has 28 heavy (non-hydrogen) atoms. The van der Waals surface area contributed by atoms with E-state index < -0.39 is 6.04 Å². The van der Waals surface area contributed by atoms with Crippen molar-refractivity contribution in [2.24, 2.45) is 0 Å². The van der Waals surface area contributed by atoms with Crippen molar-refractivity contribution in [3.63, 3.8) is 0 Å². The van der Waals surface area contributed by atoms with Crippen LogP contribution in [0.3, 0.4) is 0 Å². The van der Waals surface area contributed by atoms with Gasteiger partial charge in [-0.3, -0.25) is 19.5 Å². The Hall–Kier alpha value is -2.22. The molecule has 2 aliphatic heterocycles. The molecule has 1 atom stereocenters. The number of benzene rings is 1. The Morgan fingerprint density at radius 1 is 1.00 bits per heavy atom. The highest BCUT2D eigenvalue weighted by molar-refractivity contribution is 7.07. The summed E-state index contributed by atoms with van der Waals surface area (Å²) in [7, 11) is 0. The van der Waals surface area contributed by atoms with Crippen LogP contribution in [-0.2, 0) is 11.3 Å². The van der Waals surface area contributed by atoms with E-state index in [9.17, 15) is 9.59 Å². The van der Waals surface area contributed by atoms with Gasteiger partial charge in [-0.25, -0.2) is 9.69 Å². The number of rotatable bonds is 5. The molecule has 0 bridgehead atoms. The van der Waals surface area contributed by atoms with Crippen molar-refractivity contribution in [2.45, 2.75) is 26.4 Å². The van der Waals surface area contributed by atoms with E-state index in [1.807, 2.05) is 31.2 Å². The topological polar surface area (TPSA) is 47.1 Å². The van der Waals surface area contributed by atoms with E-state index in [0.29, 0.717) is 6.67 Å². The van der Waals surface area contributed by atoms with Gasteiger partial charge in [-0.15, -0.1) is 0 Å². The number of urea groups is 1. The molecule has 2 fully saturated rings. The largest absolute Gasteiger partial charge is 0.333 e. The van der Waals surface area contributed by atoms with Crippen molar-refractivity contribution in [3.8, 4) is 0 Å². The molecule has 0 aliphatic carbocycles. The zero-order chi connectivity index (χ0) is 19.7. The molecular weight excluding hydrogens is 372 g/mol. The molecule has 2 aliphatic rings. The van der Waals surface area contributed by atoms with Crippen LogP contribution in [0.25, 0.3) is 0 Å². The predicted octanol–water partition coefficient (Wildman–Crippen LogP) is 2.99. The molecule has 0 unspecified atom stereocenters. The number of imide groups is 1. The Morgan fingerprint density at radius 2 is 1.68 bits per heavy atom. The molecule has 1 aromatic heterocycles. The SMILES string of the molecule is Cc1ccc(N2C(=O)N(CN3CCN(Cc4ccsc4)CC3)C(=O)[C@H]2C)cc1. The fourth-order valence-corrected chi connectivity index (χ4v) is 4.49. The summed E-state index contributed by atoms with van der Waals surface area (Å²) in [5, 5.41) is 4.30. The average molecular weight is 399 g/mol. The average Bonchev–Trinajstić information content (AvgIpc) is 3.27. The standard InChI is InChI=1S/C21H26N4O2S/c1-16-3-5-19(6-4-16)25-17(2)20(26)24(21(25)27)15-23-10-8-22(9-11-23)13-18-7-12-28-14-18/h3-7,12,14,17H,8-11,13,15H2,1-2H3/t17-/m1/s1. The molecule has 6 nitrogen and oxygen atoms in total. The second-order valence-corrected chi connectivity index (χ2v) is 8.38. The lowest BCUT2D eigenvalue weighted by molar-refractivity contribution is -0.128. The summed E-state index contributed by atoms with van der Waals surface area (Å²) in [6, 6.07) is 9.23. The van der Waals surface area contributed by atoms with Crippen LogP contribution in [0.1, 0.15) is 18.1 Å². The van der Waals surface area contributed by atoms with E-state index in [1.54, 1.807) is 23.2 Å². The number of amides is 3. The number of anilines is 1. The van der Waals surface area contributed by atoms with Crippen LogP contribution >= 0.6 is 11.3 Å². The monoisotopic (exact) mass is 398 g/mol. The van der Waals surface area contributed by atoms with E-state index in [2.05, 4.69) is 26.6 Å². The molecule has 0 spiro atoms. The number of carbonyl (C=O) groups is 2. The zero-order valence-corrected chi connectivity index (χ0v) is 17.2. The molecule has 0 saturated carbocycles. The van der Waals surface area contributed by atoms with Gasteiger partial charge in [-0.1, -0.05) is 17.7 Å². The van der Waals surface area contributed by atoms with Crippen LogP contribution in [0.5, 0.6) is 0 Å². The quantitative estimate of drug-likeness (QED) is 0.727. The normalized spacial score (nSPS) is 21.7. The number of carbonyl (C=O) groups excluding carboxylic acids is 2. The van der Waals surface area contributed by atoms with Crippen LogP contribution in [0.4, 0.5) is 10.5 Å². The van der Waals surface area contributed by atoms with E-state index in [0.717, 1.165) is 44.0 Å². The lowest BCUT2D eigenvalue weighted by Crippen LogP contribution is -2.51. The highest BCUT2D eigenvalue weighted by Crippen LogP contribution is 2.26. The molecule has 7 heteroatoms. The molecular formula is C21H26N4O2S. The first kappa shape index (κ1) is 19.1. The summed E-state index contributed by atoms with van der Waals surface area (Å²) in [5.74, 6) is -0.119. The molecule has 148 valence electrons. The number of hydrogen-bond acceptors (Lipinski definition) is 5. The summed E-state index contributed by atoms with van der Waals surface area (Å²) < 4.78 is 0. The Morgan fingerprint density at radius 3 is 2.32 bits per heavy atom. The molecule has 3 amide bonds. The predicted molar refractivity (Wildman–Crippen MR) is 111 cm³/mol. The molecule has 0 radical (unpaired) electrons. The van der Waals surface area contributed by atoms with Gasteiger partial charge in [0.15, 0.2) is 0 Å². The highest BCUT2D eigenvalue weighted by atomic mass is 32.1. The van der Waals surface area contributed by atoms with Crippen molar-refractivity contribution in [1.29, 1.82) is 0 Å². The fraction of sp³-hybridized carbons (Fsp3) is 0.429. The third-order valence-electron chi connectivity index (χ3n) is 5.55. The summed E-state index contributed by atoms with van der Waals surface area (Å²) in [6.07, 6.45) is 0. The van der Waals surface area contributed by atoms with E-state index in [-0.39, 0.29) is 11.9 Å². The highest BCUT2D eigenvalue weighted by Gasteiger charge is 2.44. The lowest BCUT2D eigenvalue weighted by atomic mass is 10.2. The third kappa shape index (κ3) is 3.83. The van der Waals surface area contributed by atoms with Crippen LogP contribution in [0, 0.1) is 6.92 Å². The van der Waals surface area contributed by atoms with Crippen LogP contribution in [-0.4, -0.2) is 65.5 Å².